The Morgan fingerprint density at radius 1 is 0.571 bits per heavy atom. The van der Waals surface area contributed by atoms with Crippen molar-refractivity contribution in [2.75, 3.05) is 0 Å². The average molecular weight is 923 g/mol. The summed E-state index contributed by atoms with van der Waals surface area (Å²) in [5.41, 5.74) is 6.97. The molecular formula is C44H72FNOWY. The normalized spacial score (nSPS) is 11.0. The predicted octanol–water partition coefficient (Wildman–Crippen LogP) is 13.9. The van der Waals surface area contributed by atoms with Gasteiger partial charge in [0.25, 0.3) is 0 Å². The molecule has 0 amide bonds. The number of aromatic amines is 1. The summed E-state index contributed by atoms with van der Waals surface area (Å²) in [6.45, 7) is 31.6. The van der Waals surface area contributed by atoms with E-state index in [4.69, 9.17) is 5.11 Å². The van der Waals surface area contributed by atoms with Crippen LogP contribution >= 0.6 is 0 Å². The molecule has 4 aromatic rings. The number of aromatic nitrogens is 1. The second-order valence-corrected chi connectivity index (χ2v) is 17.9. The first kappa shape index (κ1) is 54.5. The number of aromatic hydroxyl groups is 1. The summed E-state index contributed by atoms with van der Waals surface area (Å²) < 4.78 is 0. The van der Waals surface area contributed by atoms with Gasteiger partial charge in [-0.2, -0.15) is 0 Å². The number of rotatable bonds is 4. The van der Waals surface area contributed by atoms with Crippen LogP contribution in [0.5, 0.6) is 5.75 Å². The summed E-state index contributed by atoms with van der Waals surface area (Å²) in [4.78, 5) is 3.31. The number of phenols is 1. The molecule has 0 saturated heterocycles. The number of nitrogens with one attached hydrogen (secondary N) is 1. The van der Waals surface area contributed by atoms with Crippen molar-refractivity contribution in [2.45, 2.75) is 130 Å². The first-order chi connectivity index (χ1) is 20.5. The second kappa shape index (κ2) is 24.8. The average Bonchev–Trinajstić information content (AvgIpc) is 3.25. The smallest absolute Gasteiger partial charge is 0.115 e. The van der Waals surface area contributed by atoms with Crippen LogP contribution in [-0.2, 0) is 73.0 Å². The third kappa shape index (κ3) is 29.0. The third-order valence-corrected chi connectivity index (χ3v) is 6.66. The summed E-state index contributed by atoms with van der Waals surface area (Å²) >= 11 is 0. The van der Waals surface area contributed by atoms with Gasteiger partial charge in [0.15, 0.2) is 0 Å². The Hall–Kier alpha value is -1.28. The predicted molar refractivity (Wildman–Crippen MR) is 210 cm³/mol. The molecule has 0 unspecified atom stereocenters. The van der Waals surface area contributed by atoms with Gasteiger partial charge < -0.3 is 10.1 Å². The van der Waals surface area contributed by atoms with Gasteiger partial charge in [0.1, 0.15) is 5.75 Å². The minimum atomic E-state index is 0. The third-order valence-electron chi connectivity index (χ3n) is 6.66. The van der Waals surface area contributed by atoms with E-state index >= 15 is 0 Å². The molecule has 0 atom stereocenters. The largest absolute Gasteiger partial charge is 0.508 e. The van der Waals surface area contributed by atoms with E-state index in [1.165, 1.54) is 34.0 Å². The van der Waals surface area contributed by atoms with Crippen LogP contribution in [0.25, 0.3) is 10.9 Å². The standard InChI is InChI=1S/C13H17N.C11H16O.C11H16.C8H18.CH4.FH.W.Y/c1-13(2,3)8-10-9-14-12-7-5-4-6-11(10)12;1-11(2,3)8-9-4-6-10(12)7-5-9;1-11(2,3)9-10-7-5-4-6-8-10;1-7(2)6-8(3,4)5;;;;/h4-7,9,14H,8H2,1-3H3;4-7,12H,8H2,1-3H3;4-8H,9H2,1-3H3;7H,6H2,1-5H3;1H4;1H;;. The maximum Gasteiger partial charge on any atom is 0.115 e. The minimum Gasteiger partial charge on any atom is -0.508 e. The number of halogens is 1. The summed E-state index contributed by atoms with van der Waals surface area (Å²) in [7, 11) is 0. The molecular weight excluding hydrogens is 850 g/mol. The van der Waals surface area contributed by atoms with Gasteiger partial charge in [0.2, 0.25) is 0 Å². The monoisotopic (exact) mass is 922 g/mol. The summed E-state index contributed by atoms with van der Waals surface area (Å²) in [5.74, 6) is 1.18. The van der Waals surface area contributed by atoms with E-state index in [9.17, 15) is 0 Å². The Balaban J connectivity index is -0.000000273. The number of benzene rings is 3. The summed E-state index contributed by atoms with van der Waals surface area (Å²) in [6.07, 6.45) is 6.79. The maximum atomic E-state index is 9.05. The van der Waals surface area contributed by atoms with Crippen molar-refractivity contribution in [1.82, 2.24) is 4.98 Å². The molecule has 0 aliphatic carbocycles. The Kier molecular flexibility index (Phi) is 27.6. The van der Waals surface area contributed by atoms with Crippen molar-refractivity contribution in [3.8, 4) is 5.75 Å². The van der Waals surface area contributed by atoms with Crippen LogP contribution < -0.4 is 0 Å². The van der Waals surface area contributed by atoms with Crippen LogP contribution in [0.1, 0.15) is 127 Å². The van der Waals surface area contributed by atoms with Gasteiger partial charge in [0.05, 0.1) is 0 Å². The molecule has 0 aliphatic heterocycles. The van der Waals surface area contributed by atoms with E-state index in [0.29, 0.717) is 27.4 Å². The Bertz CT molecular complexity index is 1350. The SMILES string of the molecule is C.CC(C)(C)Cc1c[nH]c2ccccc12.CC(C)(C)Cc1ccc(O)cc1.CC(C)(C)Cc1ccccc1.CC(C)CC(C)(C)C.F.[W].[Y]. The summed E-state index contributed by atoms with van der Waals surface area (Å²) in [5, 5.41) is 10.4. The molecule has 3 aromatic carbocycles. The van der Waals surface area contributed by atoms with Crippen molar-refractivity contribution in [2.24, 2.45) is 27.6 Å². The molecule has 1 aromatic heterocycles. The van der Waals surface area contributed by atoms with Crippen molar-refractivity contribution < 1.29 is 63.6 Å². The Morgan fingerprint density at radius 3 is 1.37 bits per heavy atom. The molecule has 275 valence electrons. The fourth-order valence-corrected chi connectivity index (χ4v) is 5.51. The molecule has 0 saturated carbocycles. The van der Waals surface area contributed by atoms with Gasteiger partial charge in [-0.05, 0) is 88.2 Å². The van der Waals surface area contributed by atoms with E-state index in [0.717, 1.165) is 25.2 Å². The number of phenolic OH excluding ortho intramolecular Hbond substituents is 1. The molecule has 2 N–H and O–H groups in total. The zero-order valence-corrected chi connectivity index (χ0v) is 38.6. The Morgan fingerprint density at radius 2 is 0.980 bits per heavy atom. The van der Waals surface area contributed by atoms with Crippen molar-refractivity contribution in [3.63, 3.8) is 0 Å². The minimum absolute atomic E-state index is 0. The molecule has 0 aliphatic rings. The topological polar surface area (TPSA) is 36.0 Å². The van der Waals surface area contributed by atoms with E-state index in [-0.39, 0.29) is 65.9 Å². The quantitative estimate of drug-likeness (QED) is 0.210. The molecule has 49 heavy (non-hydrogen) atoms. The van der Waals surface area contributed by atoms with Crippen LogP contribution in [0.3, 0.4) is 0 Å². The number of fused-ring (bicyclic) bond motifs is 1. The van der Waals surface area contributed by atoms with Crippen LogP contribution in [0.2, 0.25) is 0 Å². The van der Waals surface area contributed by atoms with Crippen LogP contribution in [0.4, 0.5) is 4.70 Å². The first-order valence-electron chi connectivity index (χ1n) is 16.9. The zero-order chi connectivity index (χ0) is 34.5. The van der Waals surface area contributed by atoms with Crippen molar-refractivity contribution in [3.05, 3.63) is 102 Å². The molecule has 1 radical (unpaired) electrons. The Labute approximate surface area is 342 Å². The van der Waals surface area contributed by atoms with Gasteiger partial charge in [-0.15, -0.1) is 0 Å². The van der Waals surface area contributed by atoms with Gasteiger partial charge in [-0.25, -0.2) is 0 Å². The number of para-hydroxylation sites is 1. The maximum absolute atomic E-state index is 9.05. The van der Waals surface area contributed by atoms with E-state index in [1.807, 2.05) is 12.1 Å². The van der Waals surface area contributed by atoms with E-state index < -0.39 is 0 Å². The molecule has 0 spiro atoms. The van der Waals surface area contributed by atoms with Gasteiger partial charge in [0, 0.05) is 70.9 Å². The van der Waals surface area contributed by atoms with Crippen LogP contribution in [-0.4, -0.2) is 10.1 Å². The number of hydrogen-bond acceptors (Lipinski definition) is 1. The van der Waals surface area contributed by atoms with Gasteiger partial charge >= 0.3 is 0 Å². The zero-order valence-electron chi connectivity index (χ0n) is 32.8. The van der Waals surface area contributed by atoms with E-state index in [1.54, 1.807) is 12.1 Å². The molecule has 1 heterocycles. The molecule has 0 bridgehead atoms. The van der Waals surface area contributed by atoms with Crippen LogP contribution in [0.15, 0.2) is 85.1 Å². The fraction of sp³-hybridized carbons (Fsp3) is 0.545. The molecule has 4 rings (SSSR count). The number of hydrogen-bond donors (Lipinski definition) is 2. The van der Waals surface area contributed by atoms with E-state index in [2.05, 4.69) is 163 Å². The van der Waals surface area contributed by atoms with Gasteiger partial charge in [-0.3, -0.25) is 4.70 Å². The second-order valence-electron chi connectivity index (χ2n) is 17.9. The molecule has 0 fully saturated rings. The van der Waals surface area contributed by atoms with Crippen molar-refractivity contribution in [1.29, 1.82) is 0 Å². The van der Waals surface area contributed by atoms with Gasteiger partial charge in [-0.1, -0.05) is 165 Å². The molecule has 5 heteroatoms. The molecule has 2 nitrogen and oxygen atoms in total. The fourth-order valence-electron chi connectivity index (χ4n) is 5.51. The number of H-pyrrole nitrogens is 1. The first-order valence-corrected chi connectivity index (χ1v) is 16.9. The van der Waals surface area contributed by atoms with Crippen LogP contribution in [0, 0.1) is 27.6 Å². The summed E-state index contributed by atoms with van der Waals surface area (Å²) in [6, 6.07) is 26.5. The van der Waals surface area contributed by atoms with Crippen molar-refractivity contribution >= 4 is 10.9 Å².